The molecule has 6 heterocycles. The quantitative estimate of drug-likeness (QED) is 0.257. The normalized spacial score (nSPS) is 11.5. The lowest BCUT2D eigenvalue weighted by Gasteiger charge is -2.06. The van der Waals surface area contributed by atoms with Gasteiger partial charge >= 0.3 is 0 Å². The van der Waals surface area contributed by atoms with E-state index in [0.29, 0.717) is 0 Å². The molecule has 0 aliphatic carbocycles. The summed E-state index contributed by atoms with van der Waals surface area (Å²) in [5, 5.41) is 10.9. The highest BCUT2D eigenvalue weighted by Gasteiger charge is 2.16. The topological polar surface area (TPSA) is 83.1 Å². The van der Waals surface area contributed by atoms with E-state index in [2.05, 4.69) is 85.1 Å². The van der Waals surface area contributed by atoms with Crippen molar-refractivity contribution in [3.63, 3.8) is 0 Å². The number of fused-ring (bicyclic) bond motifs is 2. The Balaban J connectivity index is 1.24. The second kappa shape index (κ2) is 9.11. The molecular weight excluding hydrogens is 476 g/mol. The van der Waals surface area contributed by atoms with Crippen molar-refractivity contribution in [1.29, 1.82) is 0 Å². The molecule has 2 N–H and O–H groups in total. The zero-order valence-corrected chi connectivity index (χ0v) is 20.7. The highest BCUT2D eigenvalue weighted by molar-refractivity contribution is 7.13. The maximum absolute atomic E-state index is 5.01. The van der Waals surface area contributed by atoms with E-state index < -0.39 is 0 Å². The minimum absolute atomic E-state index is 0.778. The predicted molar refractivity (Wildman–Crippen MR) is 149 cm³/mol. The zero-order chi connectivity index (χ0) is 24.6. The fourth-order valence-corrected chi connectivity index (χ4v) is 5.51. The van der Waals surface area contributed by atoms with E-state index in [0.717, 1.165) is 63.1 Å². The minimum atomic E-state index is 0.778. The molecule has 0 saturated carbocycles. The maximum Gasteiger partial charge on any atom is 0.138 e. The Hall–Kier alpha value is -4.62. The van der Waals surface area contributed by atoms with Crippen LogP contribution in [0.5, 0.6) is 0 Å². The molecule has 0 saturated heterocycles. The summed E-state index contributed by atoms with van der Waals surface area (Å²) in [7, 11) is 0. The van der Waals surface area contributed by atoms with Crippen LogP contribution in [0.15, 0.2) is 96.8 Å². The highest BCUT2D eigenvalue weighted by atomic mass is 32.1. The van der Waals surface area contributed by atoms with Crippen LogP contribution in [0, 0.1) is 0 Å². The van der Waals surface area contributed by atoms with Gasteiger partial charge in [0.2, 0.25) is 0 Å². The van der Waals surface area contributed by atoms with E-state index in [1.807, 2.05) is 36.8 Å². The van der Waals surface area contributed by atoms with Crippen molar-refractivity contribution in [3.8, 4) is 33.1 Å². The van der Waals surface area contributed by atoms with Gasteiger partial charge in [-0.15, -0.1) is 11.3 Å². The number of aryl methyl sites for hydroxylation is 2. The molecule has 0 aliphatic heterocycles. The largest absolute Gasteiger partial charge is 0.338 e. The molecule has 6 nitrogen and oxygen atoms in total. The number of hydrogen-bond donors (Lipinski definition) is 2. The summed E-state index contributed by atoms with van der Waals surface area (Å²) < 4.78 is 0. The van der Waals surface area contributed by atoms with Gasteiger partial charge in [-0.25, -0.2) is 9.97 Å². The van der Waals surface area contributed by atoms with Gasteiger partial charge in [-0.3, -0.25) is 10.1 Å². The lowest BCUT2D eigenvalue weighted by atomic mass is 10.0. The Morgan fingerprint density at radius 2 is 1.76 bits per heavy atom. The first-order chi connectivity index (χ1) is 18.3. The standard InChI is InChI=1S/C30H22N6S/c1-2-5-19(6-3-1)8-9-20-15-21(18-31-17-20)24-10-11-25-28(33-24)29(36-35-25)26-16-23-22(27-7-4-14-37-27)12-13-32-30(23)34-26/h1-7,10-18H,8-9H2,(H,32,34)(H,35,36). The Bertz CT molecular complexity index is 1830. The first-order valence-electron chi connectivity index (χ1n) is 12.2. The summed E-state index contributed by atoms with van der Waals surface area (Å²) in [5.74, 6) is 0. The molecule has 178 valence electrons. The lowest BCUT2D eigenvalue weighted by molar-refractivity contribution is 0.950. The average Bonchev–Trinajstić information content (AvgIpc) is 3.71. The van der Waals surface area contributed by atoms with E-state index in [1.165, 1.54) is 16.0 Å². The lowest BCUT2D eigenvalue weighted by Crippen LogP contribution is -1.94. The van der Waals surface area contributed by atoms with Crippen LogP contribution < -0.4 is 0 Å². The van der Waals surface area contributed by atoms with Crippen molar-refractivity contribution in [3.05, 3.63) is 108 Å². The maximum atomic E-state index is 5.01. The zero-order valence-electron chi connectivity index (χ0n) is 19.8. The molecule has 0 atom stereocenters. The SMILES string of the molecule is c1ccc(CCc2cncc(-c3ccc4[nH]nc(-c5cc6c(-c7cccs7)ccnc6[nH]5)c4n3)c2)cc1. The van der Waals surface area contributed by atoms with Crippen LogP contribution in [0.2, 0.25) is 0 Å². The third-order valence-corrected chi connectivity index (χ3v) is 7.52. The molecule has 0 fully saturated rings. The van der Waals surface area contributed by atoms with Gasteiger partial charge in [-0.1, -0.05) is 36.4 Å². The van der Waals surface area contributed by atoms with Crippen LogP contribution in [0.1, 0.15) is 11.1 Å². The van der Waals surface area contributed by atoms with Gasteiger partial charge in [0.25, 0.3) is 0 Å². The molecule has 7 aromatic rings. The Labute approximate surface area is 217 Å². The van der Waals surface area contributed by atoms with E-state index in [1.54, 1.807) is 11.3 Å². The second-order valence-corrected chi connectivity index (χ2v) is 9.96. The van der Waals surface area contributed by atoms with Crippen LogP contribution in [0.25, 0.3) is 55.2 Å². The van der Waals surface area contributed by atoms with Gasteiger partial charge in [-0.05, 0) is 65.7 Å². The van der Waals surface area contributed by atoms with Gasteiger partial charge in [0, 0.05) is 40.0 Å². The fourth-order valence-electron chi connectivity index (χ4n) is 4.75. The van der Waals surface area contributed by atoms with E-state index in [-0.39, 0.29) is 0 Å². The third-order valence-electron chi connectivity index (χ3n) is 6.62. The molecule has 0 bridgehead atoms. The van der Waals surface area contributed by atoms with Crippen molar-refractivity contribution in [2.24, 2.45) is 0 Å². The van der Waals surface area contributed by atoms with Crippen LogP contribution in [0.3, 0.4) is 0 Å². The summed E-state index contributed by atoms with van der Waals surface area (Å²) in [4.78, 5) is 18.7. The molecule has 0 unspecified atom stereocenters. The smallest absolute Gasteiger partial charge is 0.138 e. The van der Waals surface area contributed by atoms with Gasteiger partial charge in [0.05, 0.1) is 16.9 Å². The predicted octanol–water partition coefficient (Wildman–Crippen LogP) is 7.08. The second-order valence-electron chi connectivity index (χ2n) is 9.01. The third kappa shape index (κ3) is 4.09. The van der Waals surface area contributed by atoms with Crippen LogP contribution in [-0.2, 0) is 12.8 Å². The molecule has 0 radical (unpaired) electrons. The van der Waals surface area contributed by atoms with E-state index in [9.17, 15) is 0 Å². The first kappa shape index (κ1) is 21.6. The van der Waals surface area contributed by atoms with Crippen molar-refractivity contribution < 1.29 is 0 Å². The van der Waals surface area contributed by atoms with Crippen LogP contribution >= 0.6 is 11.3 Å². The summed E-state index contributed by atoms with van der Waals surface area (Å²) in [6.07, 6.45) is 7.57. The number of nitrogens with zero attached hydrogens (tertiary/aromatic N) is 4. The summed E-state index contributed by atoms with van der Waals surface area (Å²) in [5.41, 5.74) is 9.75. The van der Waals surface area contributed by atoms with Gasteiger partial charge in [0.1, 0.15) is 16.9 Å². The number of benzene rings is 1. The number of aromatic nitrogens is 6. The number of hydrogen-bond acceptors (Lipinski definition) is 5. The van der Waals surface area contributed by atoms with Crippen LogP contribution in [0.4, 0.5) is 0 Å². The molecule has 6 aromatic heterocycles. The van der Waals surface area contributed by atoms with Gasteiger partial charge in [0.15, 0.2) is 0 Å². The summed E-state index contributed by atoms with van der Waals surface area (Å²) in [6, 6.07) is 25.1. The molecule has 1 aromatic carbocycles. The molecule has 0 aliphatic rings. The average molecular weight is 499 g/mol. The number of thiophene rings is 1. The molecular formula is C30H22N6S. The van der Waals surface area contributed by atoms with Crippen molar-refractivity contribution in [2.45, 2.75) is 12.8 Å². The molecule has 0 spiro atoms. The monoisotopic (exact) mass is 498 g/mol. The number of pyridine rings is 3. The number of rotatable bonds is 6. The molecule has 7 rings (SSSR count). The van der Waals surface area contributed by atoms with Crippen molar-refractivity contribution in [1.82, 2.24) is 30.1 Å². The van der Waals surface area contributed by atoms with Gasteiger partial charge in [-0.2, -0.15) is 5.10 Å². The fraction of sp³-hybridized carbons (Fsp3) is 0.0667. The number of aromatic amines is 2. The first-order valence-corrected chi connectivity index (χ1v) is 13.0. The Morgan fingerprint density at radius 1 is 0.838 bits per heavy atom. The minimum Gasteiger partial charge on any atom is -0.338 e. The summed E-state index contributed by atoms with van der Waals surface area (Å²) in [6.45, 7) is 0. The number of nitrogens with one attached hydrogen (secondary N) is 2. The molecule has 7 heteroatoms. The van der Waals surface area contributed by atoms with E-state index >= 15 is 0 Å². The van der Waals surface area contributed by atoms with Crippen LogP contribution in [-0.4, -0.2) is 30.1 Å². The van der Waals surface area contributed by atoms with Crippen molar-refractivity contribution in [2.75, 3.05) is 0 Å². The summed E-state index contributed by atoms with van der Waals surface area (Å²) >= 11 is 1.72. The number of H-pyrrole nitrogens is 2. The molecule has 37 heavy (non-hydrogen) atoms. The Kier molecular flexibility index (Phi) is 5.33. The van der Waals surface area contributed by atoms with E-state index in [4.69, 9.17) is 4.98 Å². The van der Waals surface area contributed by atoms with Crippen molar-refractivity contribution >= 4 is 33.4 Å². The van der Waals surface area contributed by atoms with Gasteiger partial charge < -0.3 is 4.98 Å². The molecule has 0 amide bonds. The Morgan fingerprint density at radius 3 is 2.65 bits per heavy atom. The highest BCUT2D eigenvalue weighted by Crippen LogP contribution is 2.35.